The van der Waals surface area contributed by atoms with Crippen LogP contribution < -0.4 is 10.6 Å². The smallest absolute Gasteiger partial charge is 0.315 e. The minimum atomic E-state index is -0.365. The number of nitrogens with zero attached hydrogens (tertiary/aromatic N) is 6. The van der Waals surface area contributed by atoms with Gasteiger partial charge < -0.3 is 20.3 Å². The van der Waals surface area contributed by atoms with Crippen LogP contribution in [0.4, 0.5) is 16.3 Å². The lowest BCUT2D eigenvalue weighted by Gasteiger charge is -2.32. The van der Waals surface area contributed by atoms with Gasteiger partial charge in [0.05, 0.1) is 19.2 Å². The molecule has 2 aromatic rings. The van der Waals surface area contributed by atoms with Crippen LogP contribution in [0.5, 0.6) is 0 Å². The van der Waals surface area contributed by atoms with E-state index in [9.17, 15) is 4.79 Å². The number of hydrogen-bond acceptors (Lipinski definition) is 6. The molecule has 9 nitrogen and oxygen atoms in total. The predicted molar refractivity (Wildman–Crippen MR) is 126 cm³/mol. The van der Waals surface area contributed by atoms with E-state index < -0.39 is 0 Å². The van der Waals surface area contributed by atoms with Gasteiger partial charge in [-0.2, -0.15) is 10.2 Å². The molecule has 1 fully saturated rings. The first-order chi connectivity index (χ1) is 16.1. The number of hydrogen-bond donors (Lipinski definition) is 1. The van der Waals surface area contributed by atoms with Crippen LogP contribution in [0.1, 0.15) is 47.2 Å². The molecular weight excluding hydrogens is 418 g/mol. The van der Waals surface area contributed by atoms with E-state index in [4.69, 9.17) is 15.6 Å². The van der Waals surface area contributed by atoms with Gasteiger partial charge in [0.1, 0.15) is 0 Å². The van der Waals surface area contributed by atoms with E-state index in [0.29, 0.717) is 25.6 Å². The highest BCUT2D eigenvalue weighted by atomic mass is 16.5. The van der Waals surface area contributed by atoms with Crippen LogP contribution in [0, 0.1) is 0 Å². The monoisotopic (exact) mass is 449 g/mol. The van der Waals surface area contributed by atoms with Crippen molar-refractivity contribution >= 4 is 23.8 Å². The second-order valence-electron chi connectivity index (χ2n) is 9.58. The molecule has 2 amide bonds. The lowest BCUT2D eigenvalue weighted by atomic mass is 9.93. The maximum absolute atomic E-state index is 12.0. The minimum absolute atomic E-state index is 0.262. The van der Waals surface area contributed by atoms with Crippen LogP contribution in [0.2, 0.25) is 0 Å². The molecule has 1 aromatic carbocycles. The Morgan fingerprint density at radius 1 is 1.24 bits per heavy atom. The first-order valence-corrected chi connectivity index (χ1v) is 12.0. The zero-order valence-electron chi connectivity index (χ0n) is 19.1. The number of anilines is 2. The SMILES string of the molecule is CN1CC(c2ccc3c(c2)CCCN3c2nn([C@H]3CCOC3)c3c2CN(C(N)=O)CC3)C=N1. The lowest BCUT2D eigenvalue weighted by molar-refractivity contribution is 0.182. The maximum atomic E-state index is 12.0. The Bertz CT molecular complexity index is 1100. The van der Waals surface area contributed by atoms with Gasteiger partial charge in [-0.05, 0) is 36.5 Å². The molecule has 0 spiro atoms. The Hall–Kier alpha value is -3.07. The predicted octanol–water partition coefficient (Wildman–Crippen LogP) is 2.38. The van der Waals surface area contributed by atoms with E-state index in [1.165, 1.54) is 22.5 Å². The number of carbonyl (C=O) groups excluding carboxylic acids is 1. The normalized spacial score (nSPS) is 24.3. The summed E-state index contributed by atoms with van der Waals surface area (Å²) >= 11 is 0. The van der Waals surface area contributed by atoms with Gasteiger partial charge in [0.15, 0.2) is 5.82 Å². The zero-order valence-corrected chi connectivity index (χ0v) is 19.1. The van der Waals surface area contributed by atoms with Gasteiger partial charge in [0.2, 0.25) is 0 Å². The number of fused-ring (bicyclic) bond motifs is 2. The van der Waals surface area contributed by atoms with Crippen molar-refractivity contribution in [3.63, 3.8) is 0 Å². The third kappa shape index (κ3) is 3.55. The second kappa shape index (κ2) is 8.06. The van der Waals surface area contributed by atoms with Gasteiger partial charge in [0.25, 0.3) is 0 Å². The summed E-state index contributed by atoms with van der Waals surface area (Å²) in [6.07, 6.45) is 5.93. The number of primary amides is 1. The molecule has 2 N–H and O–H groups in total. The Morgan fingerprint density at radius 2 is 2.15 bits per heavy atom. The number of benzene rings is 1. The molecule has 2 atom stereocenters. The molecule has 1 saturated heterocycles. The number of likely N-dealkylation sites (N-methyl/N-ethyl adjacent to an activating group) is 1. The lowest BCUT2D eigenvalue weighted by Crippen LogP contribution is -2.40. The van der Waals surface area contributed by atoms with Crippen molar-refractivity contribution in [2.75, 3.05) is 44.8 Å². The highest BCUT2D eigenvalue weighted by Gasteiger charge is 2.34. The molecule has 4 aliphatic rings. The highest BCUT2D eigenvalue weighted by molar-refractivity contribution is 5.75. The summed E-state index contributed by atoms with van der Waals surface area (Å²) in [4.78, 5) is 16.1. The second-order valence-corrected chi connectivity index (χ2v) is 9.58. The average Bonchev–Trinajstić information content (AvgIpc) is 3.57. The fraction of sp³-hybridized carbons (Fsp3) is 0.542. The summed E-state index contributed by atoms with van der Waals surface area (Å²) in [5, 5.41) is 11.6. The Morgan fingerprint density at radius 3 is 2.91 bits per heavy atom. The Labute approximate surface area is 193 Å². The molecule has 33 heavy (non-hydrogen) atoms. The van der Waals surface area contributed by atoms with Gasteiger partial charge in [-0.1, -0.05) is 12.1 Å². The van der Waals surface area contributed by atoms with Crippen molar-refractivity contribution in [2.24, 2.45) is 10.8 Å². The van der Waals surface area contributed by atoms with E-state index in [2.05, 4.69) is 32.9 Å². The summed E-state index contributed by atoms with van der Waals surface area (Å²) in [7, 11) is 2.01. The van der Waals surface area contributed by atoms with Crippen LogP contribution >= 0.6 is 0 Å². The van der Waals surface area contributed by atoms with Crippen molar-refractivity contribution in [1.29, 1.82) is 0 Å². The number of urea groups is 1. The third-order valence-corrected chi connectivity index (χ3v) is 7.44. The van der Waals surface area contributed by atoms with Crippen molar-refractivity contribution < 1.29 is 9.53 Å². The number of carbonyl (C=O) groups is 1. The standard InChI is InChI=1S/C24H31N7O2/c1-28-13-18(12-26-28)16-4-5-21-17(11-16)3-2-8-30(21)23-20-14-29(24(25)32)9-6-22(20)31(27-23)19-7-10-33-15-19/h4-5,11-12,18-19H,2-3,6-10,13-15H2,1H3,(H2,25,32)/t18?,19-/m0/s1. The molecule has 0 radical (unpaired) electrons. The third-order valence-electron chi connectivity index (χ3n) is 7.44. The summed E-state index contributed by atoms with van der Waals surface area (Å²) in [5.74, 6) is 1.31. The van der Waals surface area contributed by atoms with Crippen LogP contribution in [-0.2, 0) is 24.1 Å². The number of aryl methyl sites for hydroxylation is 1. The number of ether oxygens (including phenoxy) is 1. The first-order valence-electron chi connectivity index (χ1n) is 12.0. The molecule has 6 rings (SSSR count). The molecule has 5 heterocycles. The van der Waals surface area contributed by atoms with E-state index in [0.717, 1.165) is 56.8 Å². The molecule has 1 aromatic heterocycles. The van der Waals surface area contributed by atoms with Gasteiger partial charge >= 0.3 is 6.03 Å². The summed E-state index contributed by atoms with van der Waals surface area (Å²) < 4.78 is 7.85. The number of amides is 2. The molecule has 9 heteroatoms. The quantitative estimate of drug-likeness (QED) is 0.777. The number of rotatable bonds is 3. The zero-order chi connectivity index (χ0) is 22.5. The topological polar surface area (TPSA) is 92.2 Å². The van der Waals surface area contributed by atoms with E-state index in [-0.39, 0.29) is 12.1 Å². The number of aromatic nitrogens is 2. The summed E-state index contributed by atoms with van der Waals surface area (Å²) in [6.45, 7) is 4.47. The van der Waals surface area contributed by atoms with Crippen molar-refractivity contribution in [3.05, 3.63) is 40.6 Å². The summed E-state index contributed by atoms with van der Waals surface area (Å²) in [6, 6.07) is 6.72. The fourth-order valence-electron chi connectivity index (χ4n) is 5.68. The Kier molecular flexibility index (Phi) is 5.01. The molecule has 0 bridgehead atoms. The molecule has 1 unspecified atom stereocenters. The maximum Gasteiger partial charge on any atom is 0.315 e. The van der Waals surface area contributed by atoms with E-state index >= 15 is 0 Å². The highest BCUT2D eigenvalue weighted by Crippen LogP contribution is 2.40. The van der Waals surface area contributed by atoms with Crippen LogP contribution in [0.3, 0.4) is 0 Å². The van der Waals surface area contributed by atoms with Crippen LogP contribution in [-0.4, -0.2) is 71.8 Å². The molecule has 4 aliphatic heterocycles. The van der Waals surface area contributed by atoms with Gasteiger partial charge in [-0.25, -0.2) is 4.79 Å². The van der Waals surface area contributed by atoms with E-state index in [1.807, 2.05) is 18.3 Å². The molecule has 0 saturated carbocycles. The first kappa shape index (κ1) is 20.5. The van der Waals surface area contributed by atoms with Gasteiger partial charge in [-0.15, -0.1) is 0 Å². The fourth-order valence-corrected chi connectivity index (χ4v) is 5.68. The minimum Gasteiger partial charge on any atom is -0.379 e. The summed E-state index contributed by atoms with van der Waals surface area (Å²) in [5.41, 5.74) is 11.9. The van der Waals surface area contributed by atoms with Crippen molar-refractivity contribution in [2.45, 2.75) is 44.2 Å². The average molecular weight is 450 g/mol. The Balaban J connectivity index is 1.39. The molecular formula is C24H31N7O2. The van der Waals surface area contributed by atoms with Crippen LogP contribution in [0.15, 0.2) is 23.3 Å². The number of nitrogens with two attached hydrogens (primary N) is 1. The van der Waals surface area contributed by atoms with Gasteiger partial charge in [0, 0.05) is 68.8 Å². The van der Waals surface area contributed by atoms with E-state index in [1.54, 1.807) is 4.90 Å². The van der Waals surface area contributed by atoms with Crippen molar-refractivity contribution in [1.82, 2.24) is 19.7 Å². The molecule has 0 aliphatic carbocycles. The van der Waals surface area contributed by atoms with Crippen LogP contribution in [0.25, 0.3) is 0 Å². The van der Waals surface area contributed by atoms with Crippen molar-refractivity contribution in [3.8, 4) is 0 Å². The largest absolute Gasteiger partial charge is 0.379 e. The molecule has 174 valence electrons. The number of hydrazone groups is 1. The van der Waals surface area contributed by atoms with Gasteiger partial charge in [-0.3, -0.25) is 9.69 Å².